The van der Waals surface area contributed by atoms with Gasteiger partial charge in [-0.15, -0.1) is 0 Å². The third kappa shape index (κ3) is 2.99. The zero-order chi connectivity index (χ0) is 12.0. The smallest absolute Gasteiger partial charge is 0.127 e. The lowest BCUT2D eigenvalue weighted by molar-refractivity contribution is -0.108. The lowest BCUT2D eigenvalue weighted by Crippen LogP contribution is -2.02. The second-order valence-electron chi connectivity index (χ2n) is 3.49. The van der Waals surface area contributed by atoms with Crippen LogP contribution >= 0.6 is 0 Å². The third-order valence-corrected chi connectivity index (χ3v) is 2.29. The van der Waals surface area contributed by atoms with Gasteiger partial charge in [-0.3, -0.25) is 0 Å². The molecular formula is C13H18O3. The van der Waals surface area contributed by atoms with Crippen molar-refractivity contribution in [2.75, 3.05) is 13.2 Å². The van der Waals surface area contributed by atoms with E-state index in [0.717, 1.165) is 23.3 Å². The van der Waals surface area contributed by atoms with Gasteiger partial charge in [0, 0.05) is 11.5 Å². The van der Waals surface area contributed by atoms with Crippen molar-refractivity contribution in [1.82, 2.24) is 0 Å². The molecule has 0 aliphatic carbocycles. The second kappa shape index (κ2) is 6.16. The summed E-state index contributed by atoms with van der Waals surface area (Å²) in [7, 11) is 0. The largest absolute Gasteiger partial charge is 0.494 e. The van der Waals surface area contributed by atoms with Crippen molar-refractivity contribution >= 4 is 6.29 Å². The standard InChI is InChI=1S/C13H18O3/c1-4-15-11-6-7-13(16-5-2)12(8-11)10(3)9-14/h6-10H,4-5H2,1-3H3. The van der Waals surface area contributed by atoms with Crippen LogP contribution < -0.4 is 9.47 Å². The van der Waals surface area contributed by atoms with E-state index in [1.165, 1.54) is 0 Å². The highest BCUT2D eigenvalue weighted by molar-refractivity contribution is 5.64. The van der Waals surface area contributed by atoms with E-state index in [2.05, 4.69) is 0 Å². The number of carbonyl (C=O) groups is 1. The summed E-state index contributed by atoms with van der Waals surface area (Å²) in [5, 5.41) is 0. The highest BCUT2D eigenvalue weighted by atomic mass is 16.5. The molecule has 0 radical (unpaired) electrons. The summed E-state index contributed by atoms with van der Waals surface area (Å²) >= 11 is 0. The van der Waals surface area contributed by atoms with Crippen LogP contribution in [0.5, 0.6) is 11.5 Å². The van der Waals surface area contributed by atoms with Gasteiger partial charge >= 0.3 is 0 Å². The van der Waals surface area contributed by atoms with Crippen LogP contribution in [0.15, 0.2) is 18.2 Å². The van der Waals surface area contributed by atoms with Gasteiger partial charge < -0.3 is 14.3 Å². The van der Waals surface area contributed by atoms with Crippen LogP contribution in [-0.4, -0.2) is 19.5 Å². The molecular weight excluding hydrogens is 204 g/mol. The van der Waals surface area contributed by atoms with Crippen molar-refractivity contribution in [2.45, 2.75) is 26.7 Å². The van der Waals surface area contributed by atoms with Crippen LogP contribution in [0.2, 0.25) is 0 Å². The fraction of sp³-hybridized carbons (Fsp3) is 0.462. The molecule has 1 rings (SSSR count). The number of carbonyl (C=O) groups excluding carboxylic acids is 1. The summed E-state index contributed by atoms with van der Waals surface area (Å²) in [4.78, 5) is 10.8. The lowest BCUT2D eigenvalue weighted by Gasteiger charge is -2.14. The number of ether oxygens (including phenoxy) is 2. The summed E-state index contributed by atoms with van der Waals surface area (Å²) in [5.74, 6) is 1.35. The Labute approximate surface area is 96.4 Å². The van der Waals surface area contributed by atoms with Crippen molar-refractivity contribution in [3.8, 4) is 11.5 Å². The number of benzene rings is 1. The summed E-state index contributed by atoms with van der Waals surface area (Å²) in [5.41, 5.74) is 0.878. The summed E-state index contributed by atoms with van der Waals surface area (Å²) in [6.45, 7) is 6.90. The normalized spacial score (nSPS) is 11.9. The van der Waals surface area contributed by atoms with Crippen LogP contribution in [0.3, 0.4) is 0 Å². The van der Waals surface area contributed by atoms with Gasteiger partial charge in [0.1, 0.15) is 17.8 Å². The van der Waals surface area contributed by atoms with Gasteiger partial charge in [0.15, 0.2) is 0 Å². The van der Waals surface area contributed by atoms with Crippen LogP contribution in [0, 0.1) is 0 Å². The van der Waals surface area contributed by atoms with Crippen molar-refractivity contribution < 1.29 is 14.3 Å². The number of hydrogen-bond donors (Lipinski definition) is 0. The maximum atomic E-state index is 10.8. The fourth-order valence-corrected chi connectivity index (χ4v) is 1.50. The molecule has 0 saturated carbocycles. The average molecular weight is 222 g/mol. The van der Waals surface area contributed by atoms with Gasteiger partial charge in [0.25, 0.3) is 0 Å². The van der Waals surface area contributed by atoms with Crippen LogP contribution in [-0.2, 0) is 4.79 Å². The van der Waals surface area contributed by atoms with Gasteiger partial charge in [-0.2, -0.15) is 0 Å². The van der Waals surface area contributed by atoms with Crippen LogP contribution in [0.4, 0.5) is 0 Å². The van der Waals surface area contributed by atoms with E-state index in [0.29, 0.717) is 13.2 Å². The molecule has 0 aromatic heterocycles. The van der Waals surface area contributed by atoms with Gasteiger partial charge in [-0.05, 0) is 32.0 Å². The summed E-state index contributed by atoms with van der Waals surface area (Å²) < 4.78 is 10.9. The molecule has 0 fully saturated rings. The highest BCUT2D eigenvalue weighted by Crippen LogP contribution is 2.29. The Hall–Kier alpha value is -1.51. The minimum absolute atomic E-state index is 0.179. The van der Waals surface area contributed by atoms with E-state index < -0.39 is 0 Å². The maximum Gasteiger partial charge on any atom is 0.127 e. The topological polar surface area (TPSA) is 35.5 Å². The van der Waals surface area contributed by atoms with E-state index in [1.807, 2.05) is 39.0 Å². The Morgan fingerprint density at radius 3 is 2.50 bits per heavy atom. The molecule has 16 heavy (non-hydrogen) atoms. The van der Waals surface area contributed by atoms with Gasteiger partial charge in [0.05, 0.1) is 13.2 Å². The molecule has 0 bridgehead atoms. The van der Waals surface area contributed by atoms with Gasteiger partial charge in [-0.1, -0.05) is 6.92 Å². The van der Waals surface area contributed by atoms with E-state index in [-0.39, 0.29) is 5.92 Å². The molecule has 1 aromatic carbocycles. The first-order valence-corrected chi connectivity index (χ1v) is 5.57. The first kappa shape index (κ1) is 12.6. The van der Waals surface area contributed by atoms with E-state index in [4.69, 9.17) is 9.47 Å². The third-order valence-electron chi connectivity index (χ3n) is 2.29. The minimum atomic E-state index is -0.179. The van der Waals surface area contributed by atoms with Crippen LogP contribution in [0.1, 0.15) is 32.3 Å². The molecule has 0 heterocycles. The van der Waals surface area contributed by atoms with Gasteiger partial charge in [-0.25, -0.2) is 0 Å². The first-order chi connectivity index (χ1) is 7.72. The number of rotatable bonds is 6. The van der Waals surface area contributed by atoms with Crippen molar-refractivity contribution in [3.63, 3.8) is 0 Å². The van der Waals surface area contributed by atoms with Crippen LogP contribution in [0.25, 0.3) is 0 Å². The maximum absolute atomic E-state index is 10.8. The predicted octanol–water partition coefficient (Wildman–Crippen LogP) is 2.79. The number of aldehydes is 1. The Balaban J connectivity index is 3.04. The fourth-order valence-electron chi connectivity index (χ4n) is 1.50. The lowest BCUT2D eigenvalue weighted by atomic mass is 10.0. The molecule has 3 heteroatoms. The Morgan fingerprint density at radius 2 is 1.94 bits per heavy atom. The zero-order valence-electron chi connectivity index (χ0n) is 10.0. The number of hydrogen-bond acceptors (Lipinski definition) is 3. The Morgan fingerprint density at radius 1 is 1.25 bits per heavy atom. The van der Waals surface area contributed by atoms with Crippen molar-refractivity contribution in [3.05, 3.63) is 23.8 Å². The summed E-state index contributed by atoms with van der Waals surface area (Å²) in [6.07, 6.45) is 0.910. The SMILES string of the molecule is CCOc1ccc(OCC)c(C(C)C=O)c1. The molecule has 0 saturated heterocycles. The molecule has 3 nitrogen and oxygen atoms in total. The second-order valence-corrected chi connectivity index (χ2v) is 3.49. The molecule has 0 amide bonds. The van der Waals surface area contributed by atoms with E-state index >= 15 is 0 Å². The van der Waals surface area contributed by atoms with Crippen molar-refractivity contribution in [1.29, 1.82) is 0 Å². The Bertz CT molecular complexity index is 347. The average Bonchev–Trinajstić information content (AvgIpc) is 2.31. The predicted molar refractivity (Wildman–Crippen MR) is 63.3 cm³/mol. The molecule has 88 valence electrons. The molecule has 1 aromatic rings. The molecule has 0 spiro atoms. The monoisotopic (exact) mass is 222 g/mol. The Kier molecular flexibility index (Phi) is 4.83. The molecule has 1 unspecified atom stereocenters. The molecule has 0 N–H and O–H groups in total. The summed E-state index contributed by atoms with van der Waals surface area (Å²) in [6, 6.07) is 5.58. The van der Waals surface area contributed by atoms with Crippen molar-refractivity contribution in [2.24, 2.45) is 0 Å². The molecule has 0 aliphatic rings. The van der Waals surface area contributed by atoms with Gasteiger partial charge in [0.2, 0.25) is 0 Å². The van der Waals surface area contributed by atoms with E-state index in [1.54, 1.807) is 0 Å². The quantitative estimate of drug-likeness (QED) is 0.694. The minimum Gasteiger partial charge on any atom is -0.494 e. The van der Waals surface area contributed by atoms with E-state index in [9.17, 15) is 4.79 Å². The first-order valence-electron chi connectivity index (χ1n) is 5.57. The zero-order valence-corrected chi connectivity index (χ0v) is 10.0. The highest BCUT2D eigenvalue weighted by Gasteiger charge is 2.12. The molecule has 1 atom stereocenters. The molecule has 0 aliphatic heterocycles.